The third-order valence-electron chi connectivity index (χ3n) is 5.20. The number of fused-ring (bicyclic) bond motifs is 2. The molecule has 2 aliphatic heterocycles. The minimum atomic E-state index is -1.44. The fourth-order valence-corrected chi connectivity index (χ4v) is 3.62. The molecule has 0 unspecified atom stereocenters. The van der Waals surface area contributed by atoms with Crippen LogP contribution < -0.4 is 117 Å². The van der Waals surface area contributed by atoms with Crippen LogP contribution in [0.5, 0.6) is 11.5 Å². The molecule has 0 bridgehead atoms. The van der Waals surface area contributed by atoms with Gasteiger partial charge in [-0.3, -0.25) is 4.79 Å². The van der Waals surface area contributed by atoms with E-state index in [1.807, 2.05) is 18.2 Å². The number of para-hydroxylation sites is 3. The quantitative estimate of drug-likeness (QED) is 0.121. The number of benzene rings is 2. The van der Waals surface area contributed by atoms with Crippen molar-refractivity contribution in [1.82, 2.24) is 0 Å². The van der Waals surface area contributed by atoms with Crippen LogP contribution in [0.2, 0.25) is 0 Å². The number of hydrogen-bond acceptors (Lipinski definition) is 6. The number of ether oxygens (including phenoxy) is 2. The molecule has 180 valence electrons. The molecule has 2 saturated carbocycles. The Labute approximate surface area is 302 Å². The largest absolute Gasteiger partial charge is 1.00 e. The van der Waals surface area contributed by atoms with E-state index in [9.17, 15) is 9.18 Å². The Morgan fingerprint density at radius 3 is 2.23 bits per heavy atom. The maximum atomic E-state index is 10.6. The second-order valence-corrected chi connectivity index (χ2v) is 9.12. The van der Waals surface area contributed by atoms with Crippen LogP contribution >= 0.6 is 15.9 Å². The topological polar surface area (TPSA) is 57.2 Å². The van der Waals surface area contributed by atoms with Crippen molar-refractivity contribution in [2.75, 3.05) is 24.7 Å². The van der Waals surface area contributed by atoms with Gasteiger partial charge in [0.15, 0.2) is 1.37 Å². The Kier molecular flexibility index (Phi) is 18.3. The summed E-state index contributed by atoms with van der Waals surface area (Å²) in [5.74, 6) is 2.13. The second-order valence-electron chi connectivity index (χ2n) is 7.83. The number of rotatable bonds is 3. The van der Waals surface area contributed by atoms with Gasteiger partial charge >= 0.3 is 109 Å². The Morgan fingerprint density at radius 2 is 1.66 bits per heavy atom. The summed E-state index contributed by atoms with van der Waals surface area (Å²) in [5.41, 5.74) is 2.64. The molecule has 0 aromatic heterocycles. The minimum Gasteiger partial charge on any atom is -0.493 e. The minimum absolute atomic E-state index is 0. The first kappa shape index (κ1) is 32.2. The van der Waals surface area contributed by atoms with Gasteiger partial charge in [0.05, 0.1) is 18.8 Å². The predicted octanol–water partition coefficient (Wildman–Crippen LogP) is -0.209. The van der Waals surface area contributed by atoms with E-state index in [0.29, 0.717) is 0 Å². The average molecular weight is 603 g/mol. The summed E-state index contributed by atoms with van der Waals surface area (Å²) in [6.07, 6.45) is 6.42. The van der Waals surface area contributed by atoms with Crippen LogP contribution in [0.3, 0.4) is 0 Å². The van der Waals surface area contributed by atoms with Crippen molar-refractivity contribution in [3.05, 3.63) is 61.0 Å². The number of carbonyl (C=O) groups is 1. The number of aryl methyl sites for hydroxylation is 1. The van der Waals surface area contributed by atoms with Gasteiger partial charge in [0.2, 0.25) is 0 Å². The van der Waals surface area contributed by atoms with Gasteiger partial charge in [-0.05, 0) is 69.1 Å². The van der Waals surface area contributed by atoms with Gasteiger partial charge in [-0.2, -0.15) is 0 Å². The molecule has 6 nitrogen and oxygen atoms in total. The number of nitrogens with zero attached hydrogens (tertiary/aromatic N) is 1. The van der Waals surface area contributed by atoms with Crippen molar-refractivity contribution >= 4 is 28.1 Å². The van der Waals surface area contributed by atoms with Gasteiger partial charge in [-0.25, -0.2) is 0 Å². The maximum absolute atomic E-state index is 10.6. The van der Waals surface area contributed by atoms with Crippen LogP contribution in [0.15, 0.2) is 48.5 Å². The average Bonchev–Trinajstić information content (AvgIpc) is 3.81. The number of hydrogen-bond donors (Lipinski definition) is 0. The van der Waals surface area contributed by atoms with Gasteiger partial charge in [0, 0.05) is 10.9 Å². The molecule has 2 heterocycles. The van der Waals surface area contributed by atoms with Gasteiger partial charge in [-0.15, -0.1) is 0 Å². The first-order valence-electron chi connectivity index (χ1n) is 11.7. The first-order chi connectivity index (χ1) is 16.6. The van der Waals surface area contributed by atoms with E-state index >= 15 is 0 Å². The zero-order chi connectivity index (χ0) is 24.2. The molecule has 2 fully saturated rings. The molecule has 10 heteroatoms. The third-order valence-corrected chi connectivity index (χ3v) is 6.11. The molecular formula is C25H30BrFK2NO5+. The number of alkyl halides is 1. The van der Waals surface area contributed by atoms with Gasteiger partial charge in [0.25, 0.3) is 0 Å². The van der Waals surface area contributed by atoms with Gasteiger partial charge in [-0.1, -0.05) is 46.3 Å². The fraction of sp³-hybridized carbons (Fsp3) is 0.440. The van der Waals surface area contributed by atoms with Crippen LogP contribution in [-0.2, 0) is 21.0 Å². The van der Waals surface area contributed by atoms with Gasteiger partial charge in [0.1, 0.15) is 18.1 Å². The summed E-state index contributed by atoms with van der Waals surface area (Å²) in [6, 6.07) is 17.4. The Bertz CT molecular complexity index is 883. The SMILES string of the molecule is BrC1CC1.[2H]C(=O)OO[CH-]F.[K+].[K+].c1ccc2c(c1)CCCO2.c1ccc2c(c1)OCCN2C1CC1. The Morgan fingerprint density at radius 1 is 1.03 bits per heavy atom. The summed E-state index contributed by atoms with van der Waals surface area (Å²) < 4.78 is 27.6. The molecule has 4 aliphatic rings. The smallest absolute Gasteiger partial charge is 0.493 e. The summed E-state index contributed by atoms with van der Waals surface area (Å²) >= 11 is 3.38. The molecule has 0 atom stereocenters. The molecule has 0 N–H and O–H groups in total. The molecule has 6 rings (SSSR count). The van der Waals surface area contributed by atoms with E-state index in [2.05, 4.69) is 60.9 Å². The first-order valence-corrected chi connectivity index (χ1v) is 12.1. The molecular weight excluding hydrogens is 571 g/mol. The van der Waals surface area contributed by atoms with Crippen molar-refractivity contribution in [3.63, 3.8) is 0 Å². The van der Waals surface area contributed by atoms with Crippen LogP contribution in [-0.4, -0.2) is 37.1 Å². The standard InChI is InChI=1S/C11H13NO.C9H10O.C3H5Br.C2H2FO3.2K/c1-2-4-11-10(3-1)12(7-8-13-11)9-5-6-9;1-2-6-9-8(4-1)5-3-7-10-9;4-3-1-2-3;3-1-5-6-2-4;;/h1-4,9H,5-8H2;1-2,4,6H,3,5,7H2;3H,1-2H2;1-2H;;/q;;;-1;2*+1/i;;;2D;;. The number of carbonyl (C=O) groups excluding carboxylic acids is 1. The van der Waals surface area contributed by atoms with E-state index in [0.717, 1.165) is 48.5 Å². The zero-order valence-electron chi connectivity index (χ0n) is 21.5. The van der Waals surface area contributed by atoms with Crippen molar-refractivity contribution in [1.29, 1.82) is 0 Å². The van der Waals surface area contributed by atoms with E-state index < -0.39 is 6.45 Å². The molecule has 35 heavy (non-hydrogen) atoms. The fourth-order valence-electron chi connectivity index (χ4n) is 3.35. The molecule has 2 aliphatic carbocycles. The predicted molar refractivity (Wildman–Crippen MR) is 128 cm³/mol. The molecule has 0 radical (unpaired) electrons. The number of halogens is 2. The summed E-state index contributed by atoms with van der Waals surface area (Å²) in [4.78, 5) is 19.3. The van der Waals surface area contributed by atoms with E-state index in [4.69, 9.17) is 10.8 Å². The van der Waals surface area contributed by atoms with Crippen molar-refractivity contribution in [3.8, 4) is 11.5 Å². The van der Waals surface area contributed by atoms with Crippen LogP contribution in [0, 0.1) is 6.86 Å². The summed E-state index contributed by atoms with van der Waals surface area (Å²) in [5, 5.41) is 0. The normalized spacial score (nSPS) is 16.9. The van der Waals surface area contributed by atoms with E-state index in [1.54, 1.807) is 0 Å². The Hall–Kier alpha value is 0.953. The summed E-state index contributed by atoms with van der Waals surface area (Å²) in [6.45, 7) is 2.44. The van der Waals surface area contributed by atoms with Crippen molar-refractivity contribution in [2.24, 2.45) is 0 Å². The van der Waals surface area contributed by atoms with Crippen molar-refractivity contribution < 1.29 is 133 Å². The van der Waals surface area contributed by atoms with Gasteiger partial charge < -0.3 is 28.5 Å². The molecule has 2 aromatic carbocycles. The van der Waals surface area contributed by atoms with E-state index in [1.165, 1.54) is 43.4 Å². The van der Waals surface area contributed by atoms with E-state index in [-0.39, 0.29) is 110 Å². The zero-order valence-corrected chi connectivity index (χ0v) is 28.3. The van der Waals surface area contributed by atoms with Crippen LogP contribution in [0.4, 0.5) is 10.1 Å². The van der Waals surface area contributed by atoms with Crippen LogP contribution in [0.25, 0.3) is 0 Å². The molecule has 0 spiro atoms. The molecule has 2 aromatic rings. The third kappa shape index (κ3) is 13.5. The molecule has 0 amide bonds. The molecule has 0 saturated heterocycles. The van der Waals surface area contributed by atoms with Crippen molar-refractivity contribution in [2.45, 2.75) is 49.4 Å². The van der Waals surface area contributed by atoms with Crippen LogP contribution in [0.1, 0.15) is 39.0 Å². The Balaban J connectivity index is 0.000000253. The monoisotopic (exact) mass is 601 g/mol. The number of anilines is 1. The summed E-state index contributed by atoms with van der Waals surface area (Å²) in [7, 11) is 0. The maximum Gasteiger partial charge on any atom is 1.00 e. The second kappa shape index (κ2) is 19.9.